The van der Waals surface area contributed by atoms with Gasteiger partial charge < -0.3 is 0 Å². The van der Waals surface area contributed by atoms with E-state index in [1.165, 1.54) is 15.9 Å². The number of benzene rings is 4. The molecular formula is C35H41O2P. The number of Topliss-reactive ketones (excluding diaryl/α,β-unsaturated/α-hetero) is 1. The van der Waals surface area contributed by atoms with Crippen LogP contribution in [0.5, 0.6) is 0 Å². The van der Waals surface area contributed by atoms with Crippen LogP contribution in [-0.4, -0.2) is 16.0 Å². The first-order chi connectivity index (χ1) is 18.5. The normalized spacial score (nSPS) is 14.4. The number of aliphatic hydroxyl groups is 1. The predicted octanol–water partition coefficient (Wildman–Crippen LogP) is 7.13. The summed E-state index contributed by atoms with van der Waals surface area (Å²) in [4.78, 5) is 13.5. The quantitative estimate of drug-likeness (QED) is 0.189. The molecule has 0 amide bonds. The minimum absolute atomic E-state index is 0.292. The van der Waals surface area contributed by atoms with Crippen LogP contribution in [0.4, 0.5) is 0 Å². The molecule has 0 saturated heterocycles. The molecule has 0 aliphatic rings. The second-order valence-corrected chi connectivity index (χ2v) is 15.1. The van der Waals surface area contributed by atoms with E-state index in [1.807, 2.05) is 30.3 Å². The Morgan fingerprint density at radius 2 is 1.16 bits per heavy atom. The fourth-order valence-corrected chi connectivity index (χ4v) is 12.5. The topological polar surface area (TPSA) is 37.3 Å². The molecule has 0 bridgehead atoms. The zero-order valence-corrected chi connectivity index (χ0v) is 23.7. The predicted molar refractivity (Wildman–Crippen MR) is 165 cm³/mol. The number of carbonyl (C=O) groups is 1. The van der Waals surface area contributed by atoms with Gasteiger partial charge in [0.05, 0.1) is 0 Å². The summed E-state index contributed by atoms with van der Waals surface area (Å²) in [5.41, 5.74) is 0.953. The summed E-state index contributed by atoms with van der Waals surface area (Å²) in [5, 5.41) is 14.7. The third-order valence-electron chi connectivity index (χ3n) is 8.03. The Morgan fingerprint density at radius 1 is 0.737 bits per heavy atom. The van der Waals surface area contributed by atoms with E-state index in [2.05, 4.69) is 105 Å². The number of hydrogen-bond donors (Lipinski definition) is 1. The van der Waals surface area contributed by atoms with Gasteiger partial charge in [-0.15, -0.1) is 0 Å². The summed E-state index contributed by atoms with van der Waals surface area (Å²) >= 11 is 0. The Labute approximate surface area is 229 Å². The molecule has 38 heavy (non-hydrogen) atoms. The van der Waals surface area contributed by atoms with Crippen LogP contribution in [0.15, 0.2) is 121 Å². The van der Waals surface area contributed by atoms with Crippen LogP contribution in [0.25, 0.3) is 0 Å². The fraction of sp³-hybridized carbons (Fsp3) is 0.286. The third-order valence-corrected chi connectivity index (χ3v) is 13.9. The molecule has 2 unspecified atom stereocenters. The standard InChI is InChI=1S/C35H41O2P/c1-3-17-30(36)28-35(2,27-16-26-34(37)29-18-8-4-9-19-29)38(31-20-10-5-11-21-31,32-22-12-6-13-23-32)33-24-14-7-15-25-33/h4-15,18-25,34,37-38H,3,16-17,26-28H2,1-2H3. The Kier molecular flexibility index (Phi) is 9.67. The van der Waals surface area contributed by atoms with Gasteiger partial charge in [0, 0.05) is 0 Å². The van der Waals surface area contributed by atoms with E-state index in [9.17, 15) is 9.90 Å². The van der Waals surface area contributed by atoms with Crippen molar-refractivity contribution in [1.82, 2.24) is 0 Å². The van der Waals surface area contributed by atoms with Crippen LogP contribution >= 0.6 is 7.26 Å². The van der Waals surface area contributed by atoms with Gasteiger partial charge in [0.15, 0.2) is 0 Å². The maximum atomic E-state index is 13.5. The van der Waals surface area contributed by atoms with Gasteiger partial charge in [-0.1, -0.05) is 0 Å². The molecule has 3 heteroatoms. The van der Waals surface area contributed by atoms with E-state index in [0.717, 1.165) is 24.8 Å². The fourth-order valence-electron chi connectivity index (χ4n) is 6.35. The number of carbonyl (C=O) groups excluding carboxylic acids is 1. The van der Waals surface area contributed by atoms with Gasteiger partial charge in [0.25, 0.3) is 0 Å². The second-order valence-electron chi connectivity index (χ2n) is 10.7. The Hall–Kier alpha value is -3.06. The van der Waals surface area contributed by atoms with Crippen LogP contribution in [0, 0.1) is 0 Å². The summed E-state index contributed by atoms with van der Waals surface area (Å²) in [6.07, 6.45) is 3.86. The van der Waals surface area contributed by atoms with Crippen LogP contribution in [0.1, 0.15) is 64.0 Å². The molecule has 0 heterocycles. The molecule has 0 aliphatic carbocycles. The van der Waals surface area contributed by atoms with E-state index in [4.69, 9.17) is 0 Å². The van der Waals surface area contributed by atoms with Gasteiger partial charge in [-0.3, -0.25) is 0 Å². The Balaban J connectivity index is 1.86. The van der Waals surface area contributed by atoms with Gasteiger partial charge in [0.1, 0.15) is 0 Å². The molecule has 0 fully saturated rings. The molecule has 2 nitrogen and oxygen atoms in total. The molecule has 0 aliphatic heterocycles. The Morgan fingerprint density at radius 3 is 1.58 bits per heavy atom. The summed E-state index contributed by atoms with van der Waals surface area (Å²) in [6.45, 7) is 4.44. The monoisotopic (exact) mass is 524 g/mol. The zero-order valence-electron chi connectivity index (χ0n) is 22.7. The maximum absolute atomic E-state index is 13.5. The average molecular weight is 525 g/mol. The van der Waals surface area contributed by atoms with Crippen LogP contribution < -0.4 is 15.9 Å². The molecule has 4 rings (SSSR count). The molecule has 0 radical (unpaired) electrons. The van der Waals surface area contributed by atoms with Crippen molar-refractivity contribution >= 4 is 29.0 Å². The van der Waals surface area contributed by atoms with Crippen molar-refractivity contribution in [3.63, 3.8) is 0 Å². The first kappa shape index (κ1) is 28.0. The van der Waals surface area contributed by atoms with Gasteiger partial charge in [-0.05, 0) is 0 Å². The zero-order chi connectivity index (χ0) is 26.8. The first-order valence-electron chi connectivity index (χ1n) is 13.9. The number of hydrogen-bond acceptors (Lipinski definition) is 2. The molecule has 0 saturated carbocycles. The minimum atomic E-state index is -2.72. The number of rotatable bonds is 13. The molecule has 4 aromatic rings. The average Bonchev–Trinajstić information content (AvgIpc) is 2.95. The summed E-state index contributed by atoms with van der Waals surface area (Å²) < 4.78 is 0. The van der Waals surface area contributed by atoms with E-state index in [1.54, 1.807) is 0 Å². The van der Waals surface area contributed by atoms with Crippen LogP contribution in [0.2, 0.25) is 0 Å². The van der Waals surface area contributed by atoms with E-state index >= 15 is 0 Å². The molecule has 4 aromatic carbocycles. The molecule has 0 aromatic heterocycles. The summed E-state index contributed by atoms with van der Waals surface area (Å²) in [7, 11) is -2.72. The van der Waals surface area contributed by atoms with Gasteiger partial charge >= 0.3 is 229 Å². The van der Waals surface area contributed by atoms with E-state index in [0.29, 0.717) is 25.0 Å². The van der Waals surface area contributed by atoms with Gasteiger partial charge in [-0.2, -0.15) is 0 Å². The summed E-state index contributed by atoms with van der Waals surface area (Å²) in [6, 6.07) is 42.6. The van der Waals surface area contributed by atoms with Crippen molar-refractivity contribution in [2.45, 2.75) is 63.6 Å². The molecular weight excluding hydrogens is 483 g/mol. The molecule has 1 N–H and O–H groups in total. The van der Waals surface area contributed by atoms with Crippen molar-refractivity contribution in [3.8, 4) is 0 Å². The molecule has 198 valence electrons. The second kappa shape index (κ2) is 13.1. The van der Waals surface area contributed by atoms with E-state index < -0.39 is 13.4 Å². The molecule has 2 atom stereocenters. The van der Waals surface area contributed by atoms with Crippen LogP contribution in [-0.2, 0) is 4.79 Å². The van der Waals surface area contributed by atoms with Crippen molar-refractivity contribution in [2.75, 3.05) is 0 Å². The van der Waals surface area contributed by atoms with Crippen molar-refractivity contribution in [2.24, 2.45) is 0 Å². The Bertz CT molecular complexity index is 1160. The van der Waals surface area contributed by atoms with E-state index in [-0.39, 0.29) is 5.16 Å². The third kappa shape index (κ3) is 5.98. The summed E-state index contributed by atoms with van der Waals surface area (Å²) in [5.74, 6) is 0.332. The first-order valence-corrected chi connectivity index (χ1v) is 15.9. The van der Waals surface area contributed by atoms with Crippen molar-refractivity contribution in [1.29, 1.82) is 0 Å². The number of aliphatic hydroxyl groups excluding tert-OH is 1. The SMILES string of the molecule is CCCC(=O)CC(C)(CCCC(O)c1ccccc1)[PH](c1ccccc1)(c1ccccc1)c1ccccc1. The number of ketones is 1. The van der Waals surface area contributed by atoms with Crippen molar-refractivity contribution < 1.29 is 9.90 Å². The van der Waals surface area contributed by atoms with Crippen LogP contribution in [0.3, 0.4) is 0 Å². The van der Waals surface area contributed by atoms with Gasteiger partial charge in [0.2, 0.25) is 0 Å². The van der Waals surface area contributed by atoms with Gasteiger partial charge in [-0.25, -0.2) is 0 Å². The van der Waals surface area contributed by atoms with Crippen molar-refractivity contribution in [3.05, 3.63) is 127 Å². The molecule has 0 spiro atoms.